The van der Waals surface area contributed by atoms with Crippen molar-refractivity contribution in [2.24, 2.45) is 0 Å². The van der Waals surface area contributed by atoms with Crippen molar-refractivity contribution in [3.8, 4) is 0 Å². The Bertz CT molecular complexity index is 343. The summed E-state index contributed by atoms with van der Waals surface area (Å²) in [5, 5.41) is 19.1. The number of benzene rings is 1. The van der Waals surface area contributed by atoms with Gasteiger partial charge in [-0.05, 0) is 12.5 Å². The van der Waals surface area contributed by atoms with Crippen molar-refractivity contribution >= 4 is 12.6 Å². The lowest BCUT2D eigenvalue weighted by Gasteiger charge is -2.40. The summed E-state index contributed by atoms with van der Waals surface area (Å²) in [6.07, 6.45) is -2.40. The first kappa shape index (κ1) is 11.9. The van der Waals surface area contributed by atoms with Crippen molar-refractivity contribution in [2.45, 2.75) is 36.6 Å². The number of thiol groups is 1. The lowest BCUT2D eigenvalue weighted by Crippen LogP contribution is -2.51. The molecule has 4 heteroatoms. The van der Waals surface area contributed by atoms with E-state index in [1.54, 1.807) is 6.92 Å². The van der Waals surface area contributed by atoms with Crippen LogP contribution in [0.3, 0.4) is 0 Å². The van der Waals surface area contributed by atoms with Crippen LogP contribution in [0.25, 0.3) is 0 Å². The molecule has 0 amide bonds. The summed E-state index contributed by atoms with van der Waals surface area (Å²) < 4.78 is 5.68. The van der Waals surface area contributed by atoms with Crippen LogP contribution in [-0.4, -0.2) is 33.8 Å². The zero-order chi connectivity index (χ0) is 11.7. The van der Waals surface area contributed by atoms with Crippen molar-refractivity contribution in [2.75, 3.05) is 0 Å². The largest absolute Gasteiger partial charge is 0.389 e. The van der Waals surface area contributed by atoms with Crippen molar-refractivity contribution in [3.05, 3.63) is 35.9 Å². The third-order valence-corrected chi connectivity index (χ3v) is 3.56. The number of rotatable bonds is 1. The number of ether oxygens (including phenoxy) is 1. The van der Waals surface area contributed by atoms with Gasteiger partial charge in [0.05, 0.1) is 23.6 Å². The van der Waals surface area contributed by atoms with E-state index < -0.39 is 17.5 Å². The second-order valence-electron chi connectivity index (χ2n) is 4.14. The fraction of sp³-hybridized carbons (Fsp3) is 0.500. The van der Waals surface area contributed by atoms with Crippen molar-refractivity contribution in [1.82, 2.24) is 0 Å². The van der Waals surface area contributed by atoms with Crippen LogP contribution in [0.15, 0.2) is 30.3 Å². The van der Waals surface area contributed by atoms with Gasteiger partial charge in [-0.15, -0.1) is 0 Å². The summed E-state index contributed by atoms with van der Waals surface area (Å²) >= 11 is 4.33. The molecule has 1 unspecified atom stereocenters. The van der Waals surface area contributed by atoms with Gasteiger partial charge in [0.15, 0.2) is 0 Å². The van der Waals surface area contributed by atoms with Crippen LogP contribution in [0.4, 0.5) is 0 Å². The molecule has 88 valence electrons. The zero-order valence-corrected chi connectivity index (χ0v) is 9.92. The van der Waals surface area contributed by atoms with Crippen LogP contribution in [0.1, 0.15) is 18.6 Å². The van der Waals surface area contributed by atoms with Crippen LogP contribution in [0, 0.1) is 0 Å². The van der Waals surface area contributed by atoms with Gasteiger partial charge in [0.2, 0.25) is 0 Å². The molecule has 2 N–H and O–H groups in total. The molecule has 16 heavy (non-hydrogen) atoms. The maximum Gasteiger partial charge on any atom is 0.107 e. The lowest BCUT2D eigenvalue weighted by atomic mass is 9.94. The maximum absolute atomic E-state index is 9.84. The average Bonchev–Trinajstić information content (AvgIpc) is 2.32. The Kier molecular flexibility index (Phi) is 3.54. The van der Waals surface area contributed by atoms with Crippen LogP contribution in [0.2, 0.25) is 0 Å². The molecule has 1 fully saturated rings. The van der Waals surface area contributed by atoms with Crippen molar-refractivity contribution in [3.63, 3.8) is 0 Å². The smallest absolute Gasteiger partial charge is 0.107 e. The van der Waals surface area contributed by atoms with E-state index in [9.17, 15) is 10.2 Å². The molecule has 5 atom stereocenters. The summed E-state index contributed by atoms with van der Waals surface area (Å²) in [7, 11) is 0. The molecular weight excluding hydrogens is 224 g/mol. The van der Waals surface area contributed by atoms with E-state index in [-0.39, 0.29) is 12.2 Å². The molecule has 1 saturated heterocycles. The third-order valence-electron chi connectivity index (χ3n) is 2.98. The Hall–Kier alpha value is -0.550. The Morgan fingerprint density at radius 3 is 2.38 bits per heavy atom. The van der Waals surface area contributed by atoms with E-state index in [2.05, 4.69) is 12.6 Å². The quantitative estimate of drug-likeness (QED) is 0.646. The molecular formula is C12H16O3S. The Labute approximate surface area is 100 Å². The van der Waals surface area contributed by atoms with Crippen LogP contribution >= 0.6 is 12.6 Å². The first-order valence-electron chi connectivity index (χ1n) is 5.36. The fourth-order valence-corrected chi connectivity index (χ4v) is 2.39. The molecule has 0 spiro atoms. The summed E-state index contributed by atoms with van der Waals surface area (Å²) in [6.45, 7) is 1.75. The average molecular weight is 240 g/mol. The number of aliphatic hydroxyl groups excluding tert-OH is 2. The number of hydrogen-bond acceptors (Lipinski definition) is 4. The van der Waals surface area contributed by atoms with E-state index in [1.165, 1.54) is 0 Å². The molecule has 3 nitrogen and oxygen atoms in total. The Morgan fingerprint density at radius 2 is 1.75 bits per heavy atom. The highest BCUT2D eigenvalue weighted by molar-refractivity contribution is 7.81. The van der Waals surface area contributed by atoms with E-state index in [0.717, 1.165) is 5.56 Å². The molecule has 0 bridgehead atoms. The van der Waals surface area contributed by atoms with E-state index in [0.29, 0.717) is 0 Å². The van der Waals surface area contributed by atoms with Crippen LogP contribution in [0.5, 0.6) is 0 Å². The van der Waals surface area contributed by atoms with Crippen LogP contribution in [-0.2, 0) is 4.74 Å². The fourth-order valence-electron chi connectivity index (χ4n) is 1.97. The van der Waals surface area contributed by atoms with Gasteiger partial charge in [0.25, 0.3) is 0 Å². The molecule has 1 aromatic rings. The second kappa shape index (κ2) is 4.75. The molecule has 1 aromatic carbocycles. The predicted molar refractivity (Wildman–Crippen MR) is 64.5 cm³/mol. The SMILES string of the molecule is C[C@H]1OC(c2ccccc2)[C@H](S)[C@@H](O)[C@H]1O. The number of hydrogen-bond donors (Lipinski definition) is 3. The highest BCUT2D eigenvalue weighted by atomic mass is 32.1. The highest BCUT2D eigenvalue weighted by Crippen LogP contribution is 2.34. The van der Waals surface area contributed by atoms with Crippen molar-refractivity contribution in [1.29, 1.82) is 0 Å². The first-order chi connectivity index (χ1) is 7.61. The lowest BCUT2D eigenvalue weighted by molar-refractivity contribution is -0.158. The minimum Gasteiger partial charge on any atom is -0.389 e. The van der Waals surface area contributed by atoms with Crippen molar-refractivity contribution < 1.29 is 14.9 Å². The van der Waals surface area contributed by atoms with Gasteiger partial charge in [-0.2, -0.15) is 12.6 Å². The molecule has 1 aliphatic heterocycles. The topological polar surface area (TPSA) is 49.7 Å². The third kappa shape index (κ3) is 2.11. The normalized spacial score (nSPS) is 39.6. The molecule has 2 rings (SSSR count). The van der Waals surface area contributed by atoms with Gasteiger partial charge >= 0.3 is 0 Å². The van der Waals surface area contributed by atoms with E-state index >= 15 is 0 Å². The molecule has 1 aliphatic rings. The second-order valence-corrected chi connectivity index (χ2v) is 4.74. The van der Waals surface area contributed by atoms with Crippen LogP contribution < -0.4 is 0 Å². The van der Waals surface area contributed by atoms with Gasteiger partial charge in [-0.1, -0.05) is 30.3 Å². The minimum atomic E-state index is -0.873. The van der Waals surface area contributed by atoms with Gasteiger partial charge in [0.1, 0.15) is 6.10 Å². The molecule has 1 heterocycles. The number of aliphatic hydroxyl groups is 2. The van der Waals surface area contributed by atoms with Gasteiger partial charge in [-0.3, -0.25) is 0 Å². The van der Waals surface area contributed by atoms with Gasteiger partial charge in [0, 0.05) is 0 Å². The molecule has 0 aromatic heterocycles. The minimum absolute atomic E-state index is 0.280. The summed E-state index contributed by atoms with van der Waals surface area (Å²) in [5.41, 5.74) is 0.973. The molecule has 0 saturated carbocycles. The summed E-state index contributed by atoms with van der Waals surface area (Å²) in [5.74, 6) is 0. The molecule has 0 aliphatic carbocycles. The Balaban J connectivity index is 2.23. The monoisotopic (exact) mass is 240 g/mol. The van der Waals surface area contributed by atoms with E-state index in [1.807, 2.05) is 30.3 Å². The molecule has 0 radical (unpaired) electrons. The highest BCUT2D eigenvalue weighted by Gasteiger charge is 2.41. The first-order valence-corrected chi connectivity index (χ1v) is 5.87. The zero-order valence-electron chi connectivity index (χ0n) is 9.02. The van der Waals surface area contributed by atoms with Gasteiger partial charge < -0.3 is 14.9 Å². The summed E-state index contributed by atoms with van der Waals surface area (Å²) in [4.78, 5) is 0. The van der Waals surface area contributed by atoms with E-state index in [4.69, 9.17) is 4.74 Å². The maximum atomic E-state index is 9.84. The Morgan fingerprint density at radius 1 is 1.12 bits per heavy atom. The van der Waals surface area contributed by atoms with Gasteiger partial charge in [-0.25, -0.2) is 0 Å². The predicted octanol–water partition coefficient (Wildman–Crippen LogP) is 1.17. The summed E-state index contributed by atoms with van der Waals surface area (Å²) in [6, 6.07) is 9.63. The standard InChI is InChI=1S/C12H16O3S/c1-7-9(13)10(14)12(16)11(15-7)8-5-3-2-4-6-8/h2-7,9-14,16H,1H3/t7-,9+,10+,11?,12-/m1/s1.